The van der Waals surface area contributed by atoms with Crippen molar-refractivity contribution in [2.45, 2.75) is 32.1 Å². The summed E-state index contributed by atoms with van der Waals surface area (Å²) in [6, 6.07) is 0. The molecule has 0 unspecified atom stereocenters. The van der Waals surface area contributed by atoms with Gasteiger partial charge in [-0.1, -0.05) is 11.6 Å². The Kier molecular flexibility index (Phi) is 3.11. The fraction of sp³-hybridized carbons (Fsp3) is 0.625. The molecule has 3 nitrogen and oxygen atoms in total. The number of hydrogen-bond donors (Lipinski definition) is 2. The maximum Gasteiger partial charge on any atom is 0.237 e. The van der Waals surface area contributed by atoms with Gasteiger partial charge in [0.15, 0.2) is 0 Å². The van der Waals surface area contributed by atoms with Crippen molar-refractivity contribution < 1.29 is 4.79 Å². The molecule has 0 aromatic carbocycles. The third kappa shape index (κ3) is 2.72. The zero-order valence-corrected chi connectivity index (χ0v) is 6.60. The van der Waals surface area contributed by atoms with Gasteiger partial charge in [-0.2, -0.15) is 0 Å². The van der Waals surface area contributed by atoms with Crippen LogP contribution in [0, 0.1) is 0 Å². The second-order valence-electron chi connectivity index (χ2n) is 2.85. The molecule has 3 N–H and O–H groups in total. The van der Waals surface area contributed by atoms with E-state index in [1.807, 2.05) is 0 Å². The number of carbonyl (C=O) groups excluding carboxylic acids is 1. The van der Waals surface area contributed by atoms with Gasteiger partial charge in [0.1, 0.15) is 0 Å². The number of hydrogen-bond acceptors (Lipinski definition) is 2. The number of nitrogens with two attached hydrogens (primary N) is 1. The minimum Gasteiger partial charge on any atom is -0.294 e. The van der Waals surface area contributed by atoms with Crippen LogP contribution in [0.25, 0.3) is 0 Å². The predicted octanol–water partition coefficient (Wildman–Crippen LogP) is 0.867. The van der Waals surface area contributed by atoms with Crippen LogP contribution in [0.1, 0.15) is 32.1 Å². The molecule has 3 heteroatoms. The zero-order valence-electron chi connectivity index (χ0n) is 6.60. The molecule has 11 heavy (non-hydrogen) atoms. The molecule has 0 aliphatic heterocycles. The average Bonchev–Trinajstić information content (AvgIpc) is 2.06. The van der Waals surface area contributed by atoms with Crippen LogP contribution < -0.4 is 11.3 Å². The van der Waals surface area contributed by atoms with E-state index in [4.69, 9.17) is 5.84 Å². The summed E-state index contributed by atoms with van der Waals surface area (Å²) in [6.07, 6.45) is 7.28. The van der Waals surface area contributed by atoms with E-state index < -0.39 is 0 Å². The maximum atomic E-state index is 10.8. The largest absolute Gasteiger partial charge is 0.294 e. The van der Waals surface area contributed by atoms with Gasteiger partial charge in [-0.05, 0) is 25.7 Å². The molecule has 0 fully saturated rings. The van der Waals surface area contributed by atoms with Crippen molar-refractivity contribution in [3.05, 3.63) is 11.6 Å². The van der Waals surface area contributed by atoms with E-state index in [0.29, 0.717) is 6.42 Å². The molecule has 0 aromatic heterocycles. The highest BCUT2D eigenvalue weighted by molar-refractivity contribution is 5.77. The van der Waals surface area contributed by atoms with Crippen LogP contribution in [-0.2, 0) is 4.79 Å². The fourth-order valence-electron chi connectivity index (χ4n) is 1.32. The first-order valence-corrected chi connectivity index (χ1v) is 4.00. The first-order chi connectivity index (χ1) is 5.33. The fourth-order valence-corrected chi connectivity index (χ4v) is 1.32. The molecule has 0 aromatic rings. The van der Waals surface area contributed by atoms with E-state index in [0.717, 1.165) is 12.8 Å². The molecule has 0 bridgehead atoms. The Morgan fingerprint density at radius 1 is 1.64 bits per heavy atom. The van der Waals surface area contributed by atoms with Crippen molar-refractivity contribution in [1.82, 2.24) is 5.43 Å². The predicted molar refractivity (Wildman–Crippen MR) is 43.5 cm³/mol. The van der Waals surface area contributed by atoms with E-state index in [9.17, 15) is 4.79 Å². The van der Waals surface area contributed by atoms with Gasteiger partial charge in [0.05, 0.1) is 0 Å². The van der Waals surface area contributed by atoms with E-state index in [1.165, 1.54) is 18.4 Å². The molecule has 1 aliphatic carbocycles. The van der Waals surface area contributed by atoms with Crippen molar-refractivity contribution in [2.24, 2.45) is 5.84 Å². The van der Waals surface area contributed by atoms with E-state index >= 15 is 0 Å². The lowest BCUT2D eigenvalue weighted by atomic mass is 9.97. The second kappa shape index (κ2) is 4.13. The first-order valence-electron chi connectivity index (χ1n) is 4.00. The molecule has 0 saturated heterocycles. The summed E-state index contributed by atoms with van der Waals surface area (Å²) in [7, 11) is 0. The van der Waals surface area contributed by atoms with Gasteiger partial charge in [-0.25, -0.2) is 5.84 Å². The Balaban J connectivity index is 2.35. The molecule has 1 aliphatic rings. The first kappa shape index (κ1) is 8.27. The van der Waals surface area contributed by atoms with E-state index in [1.54, 1.807) is 0 Å². The van der Waals surface area contributed by atoms with E-state index in [2.05, 4.69) is 11.5 Å². The van der Waals surface area contributed by atoms with Crippen LogP contribution in [0.4, 0.5) is 0 Å². The Morgan fingerprint density at radius 3 is 3.00 bits per heavy atom. The molecule has 62 valence electrons. The van der Waals surface area contributed by atoms with Crippen LogP contribution in [0.3, 0.4) is 0 Å². The normalized spacial score (nSPS) is 17.4. The maximum absolute atomic E-state index is 10.8. The van der Waals surface area contributed by atoms with Crippen LogP contribution in [0.15, 0.2) is 11.6 Å². The molecule has 0 spiro atoms. The minimum absolute atomic E-state index is 0.0850. The molecule has 0 radical (unpaired) electrons. The van der Waals surface area contributed by atoms with Crippen molar-refractivity contribution in [3.8, 4) is 0 Å². The highest BCUT2D eigenvalue weighted by Gasteiger charge is 2.06. The number of carbonyl (C=O) groups is 1. The van der Waals surface area contributed by atoms with Gasteiger partial charge < -0.3 is 0 Å². The smallest absolute Gasteiger partial charge is 0.237 e. The minimum atomic E-state index is -0.0850. The van der Waals surface area contributed by atoms with Crippen molar-refractivity contribution in [1.29, 1.82) is 0 Å². The van der Waals surface area contributed by atoms with Crippen molar-refractivity contribution in [2.75, 3.05) is 0 Å². The van der Waals surface area contributed by atoms with Gasteiger partial charge in [-0.15, -0.1) is 0 Å². The van der Waals surface area contributed by atoms with Gasteiger partial charge in [0.2, 0.25) is 5.91 Å². The quantitative estimate of drug-likeness (QED) is 0.268. The number of amides is 1. The van der Waals surface area contributed by atoms with Crippen LogP contribution in [-0.4, -0.2) is 5.91 Å². The van der Waals surface area contributed by atoms with Crippen molar-refractivity contribution >= 4 is 5.91 Å². The number of nitrogens with one attached hydrogen (secondary N) is 1. The summed E-state index contributed by atoms with van der Waals surface area (Å²) in [5.74, 6) is 4.88. The average molecular weight is 154 g/mol. The molecular formula is C8H14N2O. The zero-order chi connectivity index (χ0) is 8.10. The molecule has 1 amide bonds. The summed E-state index contributed by atoms with van der Waals surface area (Å²) in [5.41, 5.74) is 3.37. The summed E-state index contributed by atoms with van der Waals surface area (Å²) in [4.78, 5) is 10.8. The Hall–Kier alpha value is -0.830. The summed E-state index contributed by atoms with van der Waals surface area (Å²) in [6.45, 7) is 0. The second-order valence-corrected chi connectivity index (χ2v) is 2.85. The molecule has 0 atom stereocenters. The number of allylic oxidation sites excluding steroid dienone is 1. The lowest BCUT2D eigenvalue weighted by molar-refractivity contribution is -0.120. The standard InChI is InChI=1S/C8H14N2O/c9-10-8(11)6-7-4-2-1-3-5-7/h4H,1-3,5-6,9H2,(H,10,11). The summed E-state index contributed by atoms with van der Waals surface area (Å²) < 4.78 is 0. The van der Waals surface area contributed by atoms with Gasteiger partial charge >= 0.3 is 0 Å². The number of rotatable bonds is 2. The van der Waals surface area contributed by atoms with Crippen LogP contribution >= 0.6 is 0 Å². The lowest BCUT2D eigenvalue weighted by Gasteiger charge is -2.10. The Morgan fingerprint density at radius 2 is 2.45 bits per heavy atom. The lowest BCUT2D eigenvalue weighted by Crippen LogP contribution is -2.30. The van der Waals surface area contributed by atoms with Gasteiger partial charge in [0, 0.05) is 6.42 Å². The molecule has 1 rings (SSSR count). The SMILES string of the molecule is NNC(=O)CC1=CCCCC1. The third-order valence-corrected chi connectivity index (χ3v) is 1.93. The van der Waals surface area contributed by atoms with Gasteiger partial charge in [0.25, 0.3) is 0 Å². The highest BCUT2D eigenvalue weighted by Crippen LogP contribution is 2.19. The van der Waals surface area contributed by atoms with Gasteiger partial charge in [-0.3, -0.25) is 10.2 Å². The van der Waals surface area contributed by atoms with E-state index in [-0.39, 0.29) is 5.91 Å². The van der Waals surface area contributed by atoms with Crippen LogP contribution in [0.5, 0.6) is 0 Å². The summed E-state index contributed by atoms with van der Waals surface area (Å²) >= 11 is 0. The van der Waals surface area contributed by atoms with Crippen molar-refractivity contribution in [3.63, 3.8) is 0 Å². The third-order valence-electron chi connectivity index (χ3n) is 1.93. The Bertz CT molecular complexity index is 175. The summed E-state index contributed by atoms with van der Waals surface area (Å²) in [5, 5.41) is 0. The van der Waals surface area contributed by atoms with Crippen LogP contribution in [0.2, 0.25) is 0 Å². The molecule has 0 saturated carbocycles. The monoisotopic (exact) mass is 154 g/mol. The topological polar surface area (TPSA) is 55.1 Å². The highest BCUT2D eigenvalue weighted by atomic mass is 16.2. The molecular weight excluding hydrogens is 140 g/mol. The molecule has 0 heterocycles. The Labute approximate surface area is 66.6 Å². The number of hydrazine groups is 1.